The molecule has 7 nitrogen and oxygen atoms in total. The van der Waals surface area contributed by atoms with E-state index >= 15 is 0 Å². The van der Waals surface area contributed by atoms with Crippen molar-refractivity contribution in [3.63, 3.8) is 0 Å². The molecule has 0 bridgehead atoms. The summed E-state index contributed by atoms with van der Waals surface area (Å²) in [4.78, 5) is 23.6. The van der Waals surface area contributed by atoms with Gasteiger partial charge < -0.3 is 10.6 Å². The zero-order valence-corrected chi connectivity index (χ0v) is 18.0. The number of halogens is 1. The molecule has 0 saturated heterocycles. The second-order valence-electron chi connectivity index (χ2n) is 7.77. The molecule has 0 heterocycles. The van der Waals surface area contributed by atoms with Gasteiger partial charge in [-0.05, 0) is 80.1 Å². The van der Waals surface area contributed by atoms with Crippen molar-refractivity contribution in [2.45, 2.75) is 37.5 Å². The summed E-state index contributed by atoms with van der Waals surface area (Å²) in [6.07, 6.45) is 2.84. The van der Waals surface area contributed by atoms with Crippen molar-refractivity contribution < 1.29 is 22.4 Å². The third kappa shape index (κ3) is 6.60. The maximum absolute atomic E-state index is 13.0. The van der Waals surface area contributed by atoms with E-state index in [1.807, 2.05) is 0 Å². The highest BCUT2D eigenvalue weighted by atomic mass is 32.2. The van der Waals surface area contributed by atoms with Gasteiger partial charge in [0.05, 0.1) is 4.90 Å². The lowest BCUT2D eigenvalue weighted by Crippen LogP contribution is -2.33. The largest absolute Gasteiger partial charge is 0.326 e. The molecule has 0 spiro atoms. The average Bonchev–Trinajstić information content (AvgIpc) is 2.74. The lowest BCUT2D eigenvalue weighted by atomic mass is 9.81. The Bertz CT molecular complexity index is 1020. The van der Waals surface area contributed by atoms with E-state index in [9.17, 15) is 22.4 Å². The van der Waals surface area contributed by atoms with Crippen LogP contribution in [0, 0.1) is 17.7 Å². The Morgan fingerprint density at radius 1 is 0.903 bits per heavy atom. The highest BCUT2D eigenvalue weighted by molar-refractivity contribution is 7.89. The van der Waals surface area contributed by atoms with Crippen molar-refractivity contribution in [1.82, 2.24) is 4.72 Å². The van der Waals surface area contributed by atoms with Gasteiger partial charge in [0, 0.05) is 30.8 Å². The number of sulfonamides is 1. The van der Waals surface area contributed by atoms with Crippen LogP contribution >= 0.6 is 0 Å². The molecule has 0 aliphatic heterocycles. The Hall–Kier alpha value is -2.78. The fourth-order valence-corrected chi connectivity index (χ4v) is 4.75. The van der Waals surface area contributed by atoms with E-state index in [-0.39, 0.29) is 28.5 Å². The number of benzene rings is 2. The van der Waals surface area contributed by atoms with Gasteiger partial charge in [0.2, 0.25) is 21.8 Å². The normalized spacial score (nSPS) is 18.9. The van der Waals surface area contributed by atoms with Crippen LogP contribution in [0.5, 0.6) is 0 Å². The minimum absolute atomic E-state index is 0.0338. The third-order valence-electron chi connectivity index (χ3n) is 5.38. The molecule has 1 saturated carbocycles. The van der Waals surface area contributed by atoms with Crippen molar-refractivity contribution in [2.24, 2.45) is 11.8 Å². The minimum atomic E-state index is -3.68. The number of carbonyl (C=O) groups excluding carboxylic acids is 2. The monoisotopic (exact) mass is 447 g/mol. The molecule has 2 aromatic carbocycles. The fourth-order valence-electron chi connectivity index (χ4n) is 3.64. The quantitative estimate of drug-likeness (QED) is 0.604. The first-order valence-corrected chi connectivity index (χ1v) is 11.6. The van der Waals surface area contributed by atoms with Crippen LogP contribution in [-0.4, -0.2) is 26.8 Å². The van der Waals surface area contributed by atoms with Gasteiger partial charge in [-0.25, -0.2) is 17.5 Å². The summed E-state index contributed by atoms with van der Waals surface area (Å²) in [7, 11) is -3.68. The average molecular weight is 448 g/mol. The molecule has 3 N–H and O–H groups in total. The molecule has 0 aromatic heterocycles. The maximum Gasteiger partial charge on any atom is 0.240 e. The first-order valence-electron chi connectivity index (χ1n) is 10.2. The Balaban J connectivity index is 1.45. The summed E-state index contributed by atoms with van der Waals surface area (Å²) < 4.78 is 40.2. The van der Waals surface area contributed by atoms with Gasteiger partial charge in [-0.15, -0.1) is 0 Å². The number of rotatable bonds is 7. The van der Waals surface area contributed by atoms with Crippen molar-refractivity contribution in [1.29, 1.82) is 0 Å². The van der Waals surface area contributed by atoms with E-state index in [1.54, 1.807) is 24.3 Å². The predicted molar refractivity (Wildman–Crippen MR) is 116 cm³/mol. The predicted octanol–water partition coefficient (Wildman–Crippen LogP) is 3.51. The summed E-state index contributed by atoms with van der Waals surface area (Å²) in [5.74, 6) is -0.679. The van der Waals surface area contributed by atoms with Gasteiger partial charge >= 0.3 is 0 Å². The number of hydrogen-bond acceptors (Lipinski definition) is 4. The molecule has 0 radical (unpaired) electrons. The molecule has 0 unspecified atom stereocenters. The lowest BCUT2D eigenvalue weighted by Gasteiger charge is -2.28. The summed E-state index contributed by atoms with van der Waals surface area (Å²) in [5.41, 5.74) is 1.32. The zero-order valence-electron chi connectivity index (χ0n) is 17.2. The van der Waals surface area contributed by atoms with Gasteiger partial charge in [0.25, 0.3) is 0 Å². The highest BCUT2D eigenvalue weighted by Gasteiger charge is 2.27. The van der Waals surface area contributed by atoms with E-state index in [0.717, 1.165) is 25.0 Å². The number of amides is 2. The summed E-state index contributed by atoms with van der Waals surface area (Å²) in [6, 6.07) is 11.6. The van der Waals surface area contributed by atoms with Crippen LogP contribution < -0.4 is 15.4 Å². The molecule has 1 aliphatic rings. The van der Waals surface area contributed by atoms with Crippen molar-refractivity contribution in [3.8, 4) is 0 Å². The molecule has 31 heavy (non-hydrogen) atoms. The third-order valence-corrected chi connectivity index (χ3v) is 6.82. The van der Waals surface area contributed by atoms with E-state index in [1.165, 1.54) is 19.1 Å². The molecule has 2 aromatic rings. The number of hydrogen-bond donors (Lipinski definition) is 3. The fraction of sp³-hybridized carbons (Fsp3) is 0.364. The van der Waals surface area contributed by atoms with Crippen LogP contribution in [-0.2, 0) is 19.6 Å². The molecule has 1 fully saturated rings. The molecule has 1 aliphatic carbocycles. The standard InChI is InChI=1S/C22H26FN3O4S/c1-15(27)25-19-8-10-20(11-9-19)26-22(28)17-4-2-16(3-5-17)14-24-31(29,30)21-12-6-18(23)7-13-21/h6-13,16-17,24H,2-5,14H2,1H3,(H,25,27)(H,26,28). The Morgan fingerprint density at radius 3 is 2.00 bits per heavy atom. The Kier molecular flexibility index (Phi) is 7.40. The number of carbonyl (C=O) groups is 2. The summed E-state index contributed by atoms with van der Waals surface area (Å²) in [6.45, 7) is 1.72. The van der Waals surface area contributed by atoms with Gasteiger partial charge in [-0.1, -0.05) is 0 Å². The van der Waals surface area contributed by atoms with Crippen LogP contribution in [0.1, 0.15) is 32.6 Å². The van der Waals surface area contributed by atoms with Crippen LogP contribution in [0.4, 0.5) is 15.8 Å². The zero-order chi connectivity index (χ0) is 22.4. The van der Waals surface area contributed by atoms with E-state index in [4.69, 9.17) is 0 Å². The van der Waals surface area contributed by atoms with Gasteiger partial charge in [-0.3, -0.25) is 9.59 Å². The van der Waals surface area contributed by atoms with Crippen molar-refractivity contribution >= 4 is 33.2 Å². The Morgan fingerprint density at radius 2 is 1.45 bits per heavy atom. The smallest absolute Gasteiger partial charge is 0.240 e. The van der Waals surface area contributed by atoms with Gasteiger partial charge in [0.15, 0.2) is 0 Å². The maximum atomic E-state index is 13.0. The summed E-state index contributed by atoms with van der Waals surface area (Å²) in [5, 5.41) is 5.57. The summed E-state index contributed by atoms with van der Waals surface area (Å²) >= 11 is 0. The minimum Gasteiger partial charge on any atom is -0.326 e. The van der Waals surface area contributed by atoms with Crippen LogP contribution in [0.3, 0.4) is 0 Å². The van der Waals surface area contributed by atoms with E-state index in [0.29, 0.717) is 30.8 Å². The SMILES string of the molecule is CC(=O)Nc1ccc(NC(=O)C2CCC(CNS(=O)(=O)c3ccc(F)cc3)CC2)cc1. The first kappa shape index (κ1) is 22.9. The number of nitrogens with one attached hydrogen (secondary N) is 3. The molecule has 3 rings (SSSR count). The van der Waals surface area contributed by atoms with Crippen molar-refractivity contribution in [2.75, 3.05) is 17.2 Å². The number of anilines is 2. The Labute approximate surface area is 181 Å². The van der Waals surface area contributed by atoms with Crippen LogP contribution in [0.15, 0.2) is 53.4 Å². The molecular formula is C22H26FN3O4S. The van der Waals surface area contributed by atoms with Gasteiger partial charge in [-0.2, -0.15) is 0 Å². The van der Waals surface area contributed by atoms with E-state index in [2.05, 4.69) is 15.4 Å². The van der Waals surface area contributed by atoms with Crippen molar-refractivity contribution in [3.05, 3.63) is 54.3 Å². The first-order chi connectivity index (χ1) is 14.7. The molecule has 0 atom stereocenters. The molecule has 2 amide bonds. The van der Waals surface area contributed by atoms with Crippen LogP contribution in [0.2, 0.25) is 0 Å². The highest BCUT2D eigenvalue weighted by Crippen LogP contribution is 2.30. The molecule has 166 valence electrons. The van der Waals surface area contributed by atoms with Gasteiger partial charge in [0.1, 0.15) is 5.82 Å². The van der Waals surface area contributed by atoms with Crippen LogP contribution in [0.25, 0.3) is 0 Å². The van der Waals surface area contributed by atoms with E-state index < -0.39 is 15.8 Å². The molecular weight excluding hydrogens is 421 g/mol. The topological polar surface area (TPSA) is 104 Å². The second-order valence-corrected chi connectivity index (χ2v) is 9.54. The second kappa shape index (κ2) is 10.0. The lowest BCUT2D eigenvalue weighted by molar-refractivity contribution is -0.121. The molecule has 9 heteroatoms.